The molecule has 0 aliphatic carbocycles. The highest BCUT2D eigenvalue weighted by atomic mass is 35.5. The summed E-state index contributed by atoms with van der Waals surface area (Å²) in [7, 11) is -3.75. The van der Waals surface area contributed by atoms with E-state index in [1.54, 1.807) is 0 Å². The van der Waals surface area contributed by atoms with Gasteiger partial charge in [0.1, 0.15) is 5.75 Å². The molecular formula is C8H5ClO4S. The molecule has 0 radical (unpaired) electrons. The Morgan fingerprint density at radius 1 is 1.36 bits per heavy atom. The molecule has 1 aliphatic heterocycles. The second-order valence-electron chi connectivity index (χ2n) is 2.85. The maximum atomic E-state index is 11.3. The molecule has 6 heteroatoms. The molecule has 1 heterocycles. The second kappa shape index (κ2) is 2.96. The zero-order chi connectivity index (χ0) is 10.3. The summed E-state index contributed by atoms with van der Waals surface area (Å²) in [5.41, 5.74) is 0.215. The molecule has 0 unspecified atom stereocenters. The molecule has 14 heavy (non-hydrogen) atoms. The van der Waals surface area contributed by atoms with Crippen LogP contribution < -0.4 is 4.18 Å². The Balaban J connectivity index is 2.62. The zero-order valence-corrected chi connectivity index (χ0v) is 8.43. The maximum Gasteiger partial charge on any atom is 0.316 e. The van der Waals surface area contributed by atoms with Crippen molar-refractivity contribution >= 4 is 27.5 Å². The van der Waals surface area contributed by atoms with Crippen molar-refractivity contribution in [3.8, 4) is 5.75 Å². The Hall–Kier alpha value is -1.07. The van der Waals surface area contributed by atoms with Crippen LogP contribution in [0.5, 0.6) is 5.75 Å². The van der Waals surface area contributed by atoms with E-state index < -0.39 is 21.7 Å². The summed E-state index contributed by atoms with van der Waals surface area (Å²) in [5.74, 6) is -1.07. The van der Waals surface area contributed by atoms with Gasteiger partial charge in [-0.15, -0.1) is 0 Å². The largest absolute Gasteiger partial charge is 0.381 e. The van der Waals surface area contributed by atoms with E-state index in [1.165, 1.54) is 18.2 Å². The predicted molar refractivity (Wildman–Crippen MR) is 50.2 cm³/mol. The van der Waals surface area contributed by atoms with Crippen LogP contribution in [0.3, 0.4) is 0 Å². The molecule has 0 atom stereocenters. The molecule has 0 saturated heterocycles. The molecule has 0 amide bonds. The number of carbonyl (C=O) groups is 1. The van der Waals surface area contributed by atoms with Gasteiger partial charge in [-0.25, -0.2) is 0 Å². The van der Waals surface area contributed by atoms with E-state index in [-0.39, 0.29) is 11.3 Å². The van der Waals surface area contributed by atoms with Crippen LogP contribution in [0.2, 0.25) is 5.02 Å². The first-order valence-electron chi connectivity index (χ1n) is 3.73. The number of hydrogen-bond donors (Lipinski definition) is 0. The number of carbonyl (C=O) groups excluding carboxylic acids is 1. The van der Waals surface area contributed by atoms with Gasteiger partial charge in [0.25, 0.3) is 0 Å². The Morgan fingerprint density at radius 3 is 2.79 bits per heavy atom. The number of halogens is 1. The fourth-order valence-electron chi connectivity index (χ4n) is 1.20. The quantitative estimate of drug-likeness (QED) is 0.632. The Kier molecular flexibility index (Phi) is 2.01. The zero-order valence-electron chi connectivity index (χ0n) is 6.86. The van der Waals surface area contributed by atoms with Gasteiger partial charge in [-0.05, 0) is 18.2 Å². The van der Waals surface area contributed by atoms with E-state index in [2.05, 4.69) is 4.18 Å². The molecule has 2 rings (SSSR count). The number of rotatable bonds is 0. The number of ketones is 1. The molecule has 0 spiro atoms. The highest BCUT2D eigenvalue weighted by Gasteiger charge is 2.29. The fraction of sp³-hybridized carbons (Fsp3) is 0.125. The molecule has 1 aromatic rings. The van der Waals surface area contributed by atoms with Crippen LogP contribution in [0.25, 0.3) is 0 Å². The van der Waals surface area contributed by atoms with Crippen LogP contribution >= 0.6 is 11.6 Å². The number of fused-ring (bicyclic) bond motifs is 1. The summed E-state index contributed by atoms with van der Waals surface area (Å²) in [4.78, 5) is 11.3. The predicted octanol–water partition coefficient (Wildman–Crippen LogP) is 1.24. The van der Waals surface area contributed by atoms with Crippen molar-refractivity contribution < 1.29 is 17.4 Å². The lowest BCUT2D eigenvalue weighted by Crippen LogP contribution is -2.26. The maximum absolute atomic E-state index is 11.3. The minimum Gasteiger partial charge on any atom is -0.381 e. The van der Waals surface area contributed by atoms with E-state index in [0.717, 1.165) is 0 Å². The standard InChI is InChI=1S/C8H5ClO4S/c9-5-1-2-8-6(3-5)7(10)4-14(11,12)13-8/h1-3H,4H2. The summed E-state index contributed by atoms with van der Waals surface area (Å²) >= 11 is 5.66. The van der Waals surface area contributed by atoms with Crippen molar-refractivity contribution in [2.24, 2.45) is 0 Å². The molecule has 1 aromatic carbocycles. The van der Waals surface area contributed by atoms with Gasteiger partial charge in [0.2, 0.25) is 0 Å². The number of hydrogen-bond acceptors (Lipinski definition) is 4. The summed E-state index contributed by atoms with van der Waals surface area (Å²) in [5, 5.41) is 0.375. The van der Waals surface area contributed by atoms with Gasteiger partial charge >= 0.3 is 10.1 Å². The monoisotopic (exact) mass is 232 g/mol. The number of benzene rings is 1. The lowest BCUT2D eigenvalue weighted by Gasteiger charge is -2.15. The third-order valence-corrected chi connectivity index (χ3v) is 3.05. The van der Waals surface area contributed by atoms with Crippen molar-refractivity contribution in [2.75, 3.05) is 5.75 Å². The van der Waals surface area contributed by atoms with Gasteiger partial charge in [0.05, 0.1) is 5.56 Å². The lowest BCUT2D eigenvalue weighted by atomic mass is 10.1. The number of Topliss-reactive ketones (excluding diaryl/α,β-unsaturated/α-hetero) is 1. The van der Waals surface area contributed by atoms with Crippen LogP contribution in [0.15, 0.2) is 18.2 Å². The van der Waals surface area contributed by atoms with Crippen molar-refractivity contribution in [3.05, 3.63) is 28.8 Å². The topological polar surface area (TPSA) is 60.4 Å². The SMILES string of the molecule is O=C1CS(=O)(=O)Oc2ccc(Cl)cc21. The Labute approximate surface area is 85.6 Å². The molecule has 0 N–H and O–H groups in total. The second-order valence-corrected chi connectivity index (χ2v) is 4.86. The van der Waals surface area contributed by atoms with Crippen LogP contribution in [0, 0.1) is 0 Å². The molecule has 0 fully saturated rings. The third kappa shape index (κ3) is 1.60. The first-order valence-corrected chi connectivity index (χ1v) is 5.68. The minimum absolute atomic E-state index is 0.0469. The van der Waals surface area contributed by atoms with Crippen LogP contribution in [0.4, 0.5) is 0 Å². The lowest BCUT2D eigenvalue weighted by molar-refractivity contribution is 0.101. The van der Waals surface area contributed by atoms with E-state index in [1.807, 2.05) is 0 Å². The summed E-state index contributed by atoms with van der Waals surface area (Å²) in [6.45, 7) is 0. The van der Waals surface area contributed by atoms with Gasteiger partial charge in [-0.1, -0.05) is 11.6 Å². The molecule has 0 saturated carbocycles. The average molecular weight is 233 g/mol. The van der Waals surface area contributed by atoms with Crippen molar-refractivity contribution in [2.45, 2.75) is 0 Å². The molecule has 1 aliphatic rings. The van der Waals surface area contributed by atoms with Gasteiger partial charge in [-0.3, -0.25) is 4.79 Å². The molecule has 74 valence electrons. The van der Waals surface area contributed by atoms with Gasteiger partial charge in [0, 0.05) is 5.02 Å². The van der Waals surface area contributed by atoms with Crippen LogP contribution in [0.1, 0.15) is 10.4 Å². The van der Waals surface area contributed by atoms with Gasteiger partial charge < -0.3 is 4.18 Å². The van der Waals surface area contributed by atoms with E-state index in [4.69, 9.17) is 11.6 Å². The highest BCUT2D eigenvalue weighted by Crippen LogP contribution is 2.28. The normalized spacial score (nSPS) is 18.5. The summed E-state index contributed by atoms with van der Waals surface area (Å²) in [6, 6.07) is 4.23. The van der Waals surface area contributed by atoms with Gasteiger partial charge in [0.15, 0.2) is 11.5 Å². The average Bonchev–Trinajstić information content (AvgIpc) is 2.05. The third-order valence-electron chi connectivity index (χ3n) is 1.77. The smallest absolute Gasteiger partial charge is 0.316 e. The molecule has 4 nitrogen and oxygen atoms in total. The summed E-state index contributed by atoms with van der Waals surface area (Å²) in [6.07, 6.45) is 0. The van der Waals surface area contributed by atoms with Crippen LogP contribution in [-0.4, -0.2) is 20.0 Å². The Bertz CT molecular complexity index is 506. The van der Waals surface area contributed by atoms with Crippen molar-refractivity contribution in [1.29, 1.82) is 0 Å². The molecular weight excluding hydrogens is 228 g/mol. The minimum atomic E-state index is -3.75. The molecule has 0 bridgehead atoms. The summed E-state index contributed by atoms with van der Waals surface area (Å²) < 4.78 is 26.7. The van der Waals surface area contributed by atoms with Gasteiger partial charge in [-0.2, -0.15) is 8.42 Å². The van der Waals surface area contributed by atoms with E-state index >= 15 is 0 Å². The first kappa shape index (κ1) is 9.48. The van der Waals surface area contributed by atoms with E-state index in [0.29, 0.717) is 5.02 Å². The van der Waals surface area contributed by atoms with Crippen LogP contribution in [-0.2, 0) is 10.1 Å². The van der Waals surface area contributed by atoms with Crippen molar-refractivity contribution in [1.82, 2.24) is 0 Å². The first-order chi connectivity index (χ1) is 6.48. The van der Waals surface area contributed by atoms with Crippen molar-refractivity contribution in [3.63, 3.8) is 0 Å². The van der Waals surface area contributed by atoms with E-state index in [9.17, 15) is 13.2 Å². The Morgan fingerprint density at radius 2 is 2.07 bits per heavy atom. The fourth-order valence-corrected chi connectivity index (χ4v) is 2.32. The molecule has 0 aromatic heterocycles. The highest BCUT2D eigenvalue weighted by molar-refractivity contribution is 7.88.